The van der Waals surface area contributed by atoms with Crippen molar-refractivity contribution in [1.82, 2.24) is 0 Å². The molecule has 0 fully saturated rings. The maximum atomic E-state index is 7.71. The Kier molecular flexibility index (Phi) is 20.6. The van der Waals surface area contributed by atoms with Gasteiger partial charge in [0.2, 0.25) is 0 Å². The summed E-state index contributed by atoms with van der Waals surface area (Å²) in [6.45, 7) is 1.82. The van der Waals surface area contributed by atoms with E-state index in [4.69, 9.17) is 4.80 Å². The first-order valence-electron chi connectivity index (χ1n) is 1.02. The first-order chi connectivity index (χ1) is 1.41. The van der Waals surface area contributed by atoms with Gasteiger partial charge in [-0.15, -0.1) is 0 Å². The Balaban J connectivity index is 0. The van der Waals surface area contributed by atoms with Crippen LogP contribution in [0.1, 0.15) is 0 Å². The van der Waals surface area contributed by atoms with E-state index in [1.165, 1.54) is 0 Å². The van der Waals surface area contributed by atoms with Crippen LogP contribution in [0.3, 0.4) is 0 Å². The maximum absolute atomic E-state index is 7.71. The van der Waals surface area contributed by atoms with Gasteiger partial charge in [0, 0.05) is 17.1 Å². The summed E-state index contributed by atoms with van der Waals surface area (Å²) in [5, 5.41) is 0. The van der Waals surface area contributed by atoms with Crippen molar-refractivity contribution in [3.63, 3.8) is 0 Å². The molecule has 0 aliphatic rings. The van der Waals surface area contributed by atoms with Crippen molar-refractivity contribution in [3.05, 3.63) is 0 Å². The molecular formula is CH6CuOSi. The Bertz CT molecular complexity index is 8.00. The van der Waals surface area contributed by atoms with E-state index in [0.717, 1.165) is 0 Å². The largest absolute Gasteiger partial charge is 0.438 e. The molecular weight excluding hydrogens is 120 g/mol. The number of rotatable bonds is 0. The first kappa shape index (κ1) is 8.83. The third kappa shape index (κ3) is 16.0. The summed E-state index contributed by atoms with van der Waals surface area (Å²) in [4.78, 5) is 7.71. The molecule has 0 aromatic heterocycles. The fraction of sp³-hybridized carbons (Fsp3) is 1.00. The van der Waals surface area contributed by atoms with Crippen LogP contribution in [0, 0.1) is 0 Å². The molecule has 0 aromatic carbocycles. The zero-order valence-electron chi connectivity index (χ0n) is 2.46. The second-order valence-corrected chi connectivity index (χ2v) is 0.949. The molecule has 0 heterocycles. The van der Waals surface area contributed by atoms with Crippen molar-refractivity contribution >= 4 is 9.76 Å². The van der Waals surface area contributed by atoms with Crippen molar-refractivity contribution in [3.8, 4) is 0 Å². The minimum Gasteiger partial charge on any atom is -0.438 e. The summed E-state index contributed by atoms with van der Waals surface area (Å²) in [6, 6.07) is 0. The van der Waals surface area contributed by atoms with Gasteiger partial charge in [-0.2, -0.15) is 0 Å². The van der Waals surface area contributed by atoms with Crippen LogP contribution in [0.5, 0.6) is 0 Å². The predicted octanol–water partition coefficient (Wildman–Crippen LogP) is -0.892. The van der Waals surface area contributed by atoms with Crippen LogP contribution in [-0.4, -0.2) is 14.6 Å². The molecule has 0 aliphatic carbocycles. The quantitative estimate of drug-likeness (QED) is 0.417. The molecule has 3 heteroatoms. The van der Waals surface area contributed by atoms with Crippen LogP contribution in [-0.2, 0) is 17.1 Å². The molecule has 0 amide bonds. The number of hydrogen-bond donors (Lipinski definition) is 1. The van der Waals surface area contributed by atoms with Crippen molar-refractivity contribution in [1.29, 1.82) is 0 Å². The van der Waals surface area contributed by atoms with Gasteiger partial charge >= 0.3 is 0 Å². The predicted molar refractivity (Wildman–Crippen MR) is 16.6 cm³/mol. The molecule has 1 radical (unpaired) electrons. The second-order valence-electron chi connectivity index (χ2n) is 0.316. The van der Waals surface area contributed by atoms with E-state index in [2.05, 4.69) is 0 Å². The van der Waals surface area contributed by atoms with Crippen molar-refractivity contribution in [2.45, 2.75) is 6.55 Å². The first-order valence-corrected chi connectivity index (χ1v) is 3.07. The maximum Gasteiger partial charge on any atom is 0.153 e. The van der Waals surface area contributed by atoms with Crippen LogP contribution >= 0.6 is 0 Å². The fourth-order valence-corrected chi connectivity index (χ4v) is 0. The molecule has 0 spiro atoms. The normalized spacial score (nSPS) is 7.50. The molecule has 1 nitrogen and oxygen atoms in total. The molecule has 0 aliphatic heterocycles. The standard InChI is InChI=1S/CH6OSi.Cu/c1-3-2;/h2H,3H2,1H3;. The Morgan fingerprint density at radius 1 is 1.75 bits per heavy atom. The van der Waals surface area contributed by atoms with E-state index in [-0.39, 0.29) is 17.1 Å². The van der Waals surface area contributed by atoms with Crippen LogP contribution in [0.25, 0.3) is 0 Å². The van der Waals surface area contributed by atoms with Crippen molar-refractivity contribution < 1.29 is 21.9 Å². The van der Waals surface area contributed by atoms with Gasteiger partial charge in [-0.05, 0) is 0 Å². The van der Waals surface area contributed by atoms with Gasteiger partial charge in [-0.3, -0.25) is 0 Å². The minimum atomic E-state index is -0.583. The van der Waals surface area contributed by atoms with E-state index in [0.29, 0.717) is 0 Å². The number of hydrogen-bond acceptors (Lipinski definition) is 1. The van der Waals surface area contributed by atoms with Gasteiger partial charge in [0.25, 0.3) is 0 Å². The smallest absolute Gasteiger partial charge is 0.153 e. The van der Waals surface area contributed by atoms with Gasteiger partial charge in [-0.1, -0.05) is 6.55 Å². The van der Waals surface area contributed by atoms with E-state index in [1.807, 2.05) is 6.55 Å². The van der Waals surface area contributed by atoms with Gasteiger partial charge in [0.05, 0.1) is 0 Å². The molecule has 0 atom stereocenters. The summed E-state index contributed by atoms with van der Waals surface area (Å²) in [7, 11) is -0.583. The second kappa shape index (κ2) is 9.34. The monoisotopic (exact) mass is 125 g/mol. The molecule has 1 N–H and O–H groups in total. The zero-order valence-corrected chi connectivity index (χ0v) is 4.81. The summed E-state index contributed by atoms with van der Waals surface area (Å²) in [5.41, 5.74) is 0. The van der Waals surface area contributed by atoms with E-state index >= 15 is 0 Å². The Morgan fingerprint density at radius 3 is 1.75 bits per heavy atom. The molecule has 0 unspecified atom stereocenters. The Labute approximate surface area is 38.8 Å². The van der Waals surface area contributed by atoms with E-state index in [1.54, 1.807) is 0 Å². The molecule has 0 aromatic rings. The van der Waals surface area contributed by atoms with Gasteiger partial charge in [0.1, 0.15) is 0 Å². The van der Waals surface area contributed by atoms with Gasteiger partial charge in [-0.25, -0.2) is 0 Å². The van der Waals surface area contributed by atoms with Crippen LogP contribution < -0.4 is 0 Å². The van der Waals surface area contributed by atoms with Crippen LogP contribution in [0.15, 0.2) is 0 Å². The van der Waals surface area contributed by atoms with Gasteiger partial charge < -0.3 is 4.80 Å². The van der Waals surface area contributed by atoms with E-state index in [9.17, 15) is 0 Å². The molecule has 0 saturated carbocycles. The summed E-state index contributed by atoms with van der Waals surface area (Å²) in [6.07, 6.45) is 0. The summed E-state index contributed by atoms with van der Waals surface area (Å²) < 4.78 is 0. The third-order valence-corrected chi connectivity index (χ3v) is 0. The average Bonchev–Trinajstić information content (AvgIpc) is 0.918. The van der Waals surface area contributed by atoms with Crippen molar-refractivity contribution in [2.24, 2.45) is 0 Å². The zero-order chi connectivity index (χ0) is 2.71. The van der Waals surface area contributed by atoms with Crippen molar-refractivity contribution in [2.75, 3.05) is 0 Å². The molecule has 31 valence electrons. The molecule has 0 rings (SSSR count). The third-order valence-electron chi connectivity index (χ3n) is 0. The minimum absolute atomic E-state index is 0. The molecule has 0 saturated heterocycles. The van der Waals surface area contributed by atoms with Crippen LogP contribution in [0.2, 0.25) is 6.55 Å². The summed E-state index contributed by atoms with van der Waals surface area (Å²) in [5.74, 6) is 0. The SMILES string of the molecule is C[SiH2]O.[Cu]. The fourth-order valence-electron chi connectivity index (χ4n) is 0. The van der Waals surface area contributed by atoms with Gasteiger partial charge in [0.15, 0.2) is 9.76 Å². The molecule has 0 bridgehead atoms. The van der Waals surface area contributed by atoms with Crippen LogP contribution in [0.4, 0.5) is 0 Å². The Morgan fingerprint density at radius 2 is 1.75 bits per heavy atom. The molecule has 4 heavy (non-hydrogen) atoms. The Hall–Kier alpha value is 0.696. The van der Waals surface area contributed by atoms with E-state index < -0.39 is 9.76 Å². The topological polar surface area (TPSA) is 20.2 Å². The average molecular weight is 126 g/mol. The summed E-state index contributed by atoms with van der Waals surface area (Å²) >= 11 is 0.